The fraction of sp³-hybridized carbons (Fsp3) is 0.538. The van der Waals surface area contributed by atoms with Crippen LogP contribution in [0.3, 0.4) is 0 Å². The Bertz CT molecular complexity index is 641. The van der Waals surface area contributed by atoms with Crippen molar-refractivity contribution in [3.05, 3.63) is 0 Å². The summed E-state index contributed by atoms with van der Waals surface area (Å²) in [5.74, 6) is 0.762. The number of nitrogens with two attached hydrogens (primary N) is 3. The molecule has 0 saturated carbocycles. The Hall–Kier alpha value is -3.78. The van der Waals surface area contributed by atoms with Crippen molar-refractivity contribution in [3.63, 3.8) is 0 Å². The first-order chi connectivity index (χ1) is 18.3. The van der Waals surface area contributed by atoms with Crippen LogP contribution < -0.4 is 34.0 Å². The normalized spacial score (nSPS) is 11.8. The minimum absolute atomic E-state index is 0.403. The van der Waals surface area contributed by atoms with Crippen molar-refractivity contribution < 1.29 is 105 Å². The van der Waals surface area contributed by atoms with Crippen LogP contribution in [0.25, 0.3) is 0 Å². The van der Waals surface area contributed by atoms with Gasteiger partial charge in [-0.1, -0.05) is 0 Å². The molecule has 22 N–H and O–H groups in total. The van der Waals surface area contributed by atoms with Crippen molar-refractivity contribution in [2.45, 2.75) is 24.8 Å². The topological polar surface area (TPSA) is 498 Å². The number of aliphatic hydroxyl groups is 4. The Labute approximate surface area is 220 Å². The highest BCUT2D eigenvalue weighted by Crippen LogP contribution is 1.77. The van der Waals surface area contributed by atoms with E-state index in [-0.39, 0.29) is 0 Å². The van der Waals surface area contributed by atoms with Crippen LogP contribution in [0.2, 0.25) is 0 Å². The highest BCUT2D eigenvalue weighted by atomic mass is 16.7. The second kappa shape index (κ2) is 35.2. The highest BCUT2D eigenvalue weighted by Gasteiger charge is 2.13. The third-order valence-corrected chi connectivity index (χ3v) is 2.02. The molecule has 0 aromatic carbocycles. The maximum atomic E-state index is 9.78. The molecule has 40 heavy (non-hydrogen) atoms. The second-order valence-electron chi connectivity index (χ2n) is 5.12. The van der Waals surface area contributed by atoms with E-state index in [9.17, 15) is 28.8 Å². The predicted molar refractivity (Wildman–Crippen MR) is 114 cm³/mol. The summed E-state index contributed by atoms with van der Waals surface area (Å²) in [4.78, 5) is 64.0. The maximum absolute atomic E-state index is 9.78. The lowest BCUT2D eigenvalue weighted by Gasteiger charge is -2.02. The summed E-state index contributed by atoms with van der Waals surface area (Å²) < 4.78 is 0. The molecular formula is C13H32N6O21. The summed E-state index contributed by atoms with van der Waals surface area (Å²) >= 11 is 0. The van der Waals surface area contributed by atoms with Gasteiger partial charge >= 0.3 is 35.8 Å². The van der Waals surface area contributed by atoms with Gasteiger partial charge in [-0.3, -0.25) is 25.0 Å². The quantitative estimate of drug-likeness (QED) is 0.0722. The number of carboxylic acids is 6. The lowest BCUT2D eigenvalue weighted by molar-refractivity contribution is -0.177. The van der Waals surface area contributed by atoms with Crippen LogP contribution in [-0.4, -0.2) is 147 Å². The Morgan fingerprint density at radius 1 is 0.700 bits per heavy atom. The monoisotopic (exact) mass is 608 g/mol. The number of nitrogens with one attached hydrogen (secondary N) is 3. The molecule has 0 aromatic heterocycles. The standard InChI is InChI=1S/C3H7NO4.2C2H5NO4.3C2H5NO3/c5-1-2(4-8)3(6)7;3-7-2(6)1(4)5;4-1(3-7)2(5)6;3-6-1-2(4)5;4-2(5)1-3-6;3-1(4)2(5)6/h2,4-5,8H,1H2,(H,6,7);2,6H,3H2,(H,4,5);1,3-4,7H,(H,5,6);1,3H2,(H,4,5);3,6H,1H2,(H,4,5);1,4H,3H2,(H,5,6). The van der Waals surface area contributed by atoms with Crippen molar-refractivity contribution in [2.24, 2.45) is 17.5 Å². The van der Waals surface area contributed by atoms with Crippen molar-refractivity contribution in [1.82, 2.24) is 16.4 Å². The molecule has 0 heterocycles. The van der Waals surface area contributed by atoms with Crippen LogP contribution in [0.4, 0.5) is 0 Å². The zero-order valence-electron chi connectivity index (χ0n) is 19.7. The molecule has 240 valence electrons. The molecule has 0 bridgehead atoms. The van der Waals surface area contributed by atoms with Gasteiger partial charge in [-0.15, -0.1) is 0 Å². The summed E-state index contributed by atoms with van der Waals surface area (Å²) in [5, 5.41) is 101. The van der Waals surface area contributed by atoms with E-state index >= 15 is 0 Å². The zero-order valence-corrected chi connectivity index (χ0v) is 19.7. The molecule has 0 saturated heterocycles. The fourth-order valence-electron chi connectivity index (χ4n) is 0.426. The Morgan fingerprint density at radius 2 is 1.12 bits per heavy atom. The SMILES string of the molecule is NC(O)C(=O)O.NOC(O)C(=O)O.NOCC(=O)O.O=C(O)C(CO)NO.O=C(O)C(O)NO.O=C(O)CNO. The summed E-state index contributed by atoms with van der Waals surface area (Å²) in [6, 6.07) is -1.27. The molecule has 27 heteroatoms. The van der Waals surface area contributed by atoms with Gasteiger partial charge in [0.1, 0.15) is 6.54 Å². The Kier molecular flexibility index (Phi) is 43.3. The van der Waals surface area contributed by atoms with Gasteiger partial charge < -0.3 is 66.7 Å². The van der Waals surface area contributed by atoms with Gasteiger partial charge in [0, 0.05) is 0 Å². The van der Waals surface area contributed by atoms with Crippen molar-refractivity contribution in [3.8, 4) is 0 Å². The van der Waals surface area contributed by atoms with Crippen molar-refractivity contribution >= 4 is 35.8 Å². The minimum atomic E-state index is -1.90. The molecular weight excluding hydrogens is 576 g/mol. The van der Waals surface area contributed by atoms with Gasteiger partial charge in [-0.25, -0.2) is 31.0 Å². The molecule has 4 unspecified atom stereocenters. The number of carboxylic acid groups (broad SMARTS) is 6. The molecule has 0 aliphatic heterocycles. The van der Waals surface area contributed by atoms with Gasteiger partial charge in [0.25, 0.3) is 6.29 Å². The second-order valence-corrected chi connectivity index (χ2v) is 5.12. The summed E-state index contributed by atoms with van der Waals surface area (Å²) in [6.07, 6.45) is -5.51. The van der Waals surface area contributed by atoms with Crippen molar-refractivity contribution in [1.29, 1.82) is 0 Å². The van der Waals surface area contributed by atoms with Gasteiger partial charge in [0.15, 0.2) is 12.6 Å². The van der Waals surface area contributed by atoms with E-state index in [1.807, 2.05) is 0 Å². The molecule has 0 aliphatic carbocycles. The lowest BCUT2D eigenvalue weighted by Crippen LogP contribution is -2.37. The lowest BCUT2D eigenvalue weighted by atomic mass is 10.3. The maximum Gasteiger partial charge on any atom is 0.362 e. The Morgan fingerprint density at radius 3 is 1.12 bits per heavy atom. The van der Waals surface area contributed by atoms with E-state index in [0.717, 1.165) is 5.48 Å². The molecule has 0 aromatic rings. The molecule has 0 aliphatic rings. The fourth-order valence-corrected chi connectivity index (χ4v) is 0.426. The highest BCUT2D eigenvalue weighted by molar-refractivity contribution is 5.73. The van der Waals surface area contributed by atoms with E-state index in [1.165, 1.54) is 11.0 Å². The summed E-state index contributed by atoms with van der Waals surface area (Å²) in [5.41, 5.74) is 8.38. The van der Waals surface area contributed by atoms with Gasteiger partial charge in [-0.2, -0.15) is 16.4 Å². The van der Waals surface area contributed by atoms with E-state index in [1.54, 1.807) is 0 Å². The number of carbonyl (C=O) groups is 6. The van der Waals surface area contributed by atoms with Gasteiger partial charge in [0.05, 0.1) is 6.61 Å². The number of aliphatic hydroxyl groups excluding tert-OH is 4. The number of rotatable bonds is 12. The first-order valence-electron chi connectivity index (χ1n) is 8.86. The van der Waals surface area contributed by atoms with Crippen LogP contribution in [0.5, 0.6) is 0 Å². The van der Waals surface area contributed by atoms with Crippen LogP contribution >= 0.6 is 0 Å². The molecule has 0 spiro atoms. The molecule has 0 rings (SSSR count). The van der Waals surface area contributed by atoms with E-state index < -0.39 is 80.4 Å². The number of hydrogen-bond donors (Lipinski definition) is 19. The van der Waals surface area contributed by atoms with Crippen LogP contribution in [0.15, 0.2) is 0 Å². The van der Waals surface area contributed by atoms with Gasteiger partial charge in [-0.05, 0) is 0 Å². The predicted octanol–water partition coefficient (Wildman–Crippen LogP) is -8.58. The zero-order chi connectivity index (χ0) is 33.4. The Balaban J connectivity index is -0.0000000870. The first-order valence-corrected chi connectivity index (χ1v) is 8.86. The van der Waals surface area contributed by atoms with E-state index in [0.29, 0.717) is 0 Å². The van der Waals surface area contributed by atoms with E-state index in [2.05, 4.69) is 27.2 Å². The number of hydroxylamine groups is 3. The minimum Gasteiger partial charge on any atom is -0.480 e. The van der Waals surface area contributed by atoms with E-state index in [4.69, 9.17) is 66.7 Å². The molecule has 0 fully saturated rings. The molecule has 0 radical (unpaired) electrons. The molecule has 27 nitrogen and oxygen atoms in total. The van der Waals surface area contributed by atoms with Gasteiger partial charge in [0.2, 0.25) is 12.5 Å². The molecule has 0 amide bonds. The summed E-state index contributed by atoms with van der Waals surface area (Å²) in [7, 11) is 0. The van der Waals surface area contributed by atoms with Crippen LogP contribution in [0.1, 0.15) is 0 Å². The third-order valence-electron chi connectivity index (χ3n) is 2.02. The smallest absolute Gasteiger partial charge is 0.362 e. The van der Waals surface area contributed by atoms with Crippen LogP contribution in [0, 0.1) is 0 Å². The average molecular weight is 608 g/mol. The summed E-state index contributed by atoms with van der Waals surface area (Å²) in [6.45, 7) is -1.45. The largest absolute Gasteiger partial charge is 0.480 e. The van der Waals surface area contributed by atoms with Crippen LogP contribution in [-0.2, 0) is 38.4 Å². The third kappa shape index (κ3) is 54.9. The number of aliphatic carboxylic acids is 6. The molecule has 4 atom stereocenters. The number of hydrogen-bond acceptors (Lipinski definition) is 21. The first kappa shape index (κ1) is 49.2. The van der Waals surface area contributed by atoms with Crippen molar-refractivity contribution in [2.75, 3.05) is 19.8 Å². The average Bonchev–Trinajstić information content (AvgIpc) is 2.85.